The van der Waals surface area contributed by atoms with Crippen molar-refractivity contribution in [1.29, 1.82) is 5.26 Å². The number of carboxylic acids is 1. The lowest BCUT2D eigenvalue weighted by atomic mass is 10.2. The zero-order valence-electron chi connectivity index (χ0n) is 10.5. The molecule has 6 nitrogen and oxygen atoms in total. The molecule has 0 bridgehead atoms. The van der Waals surface area contributed by atoms with Crippen LogP contribution in [0.1, 0.15) is 15.9 Å². The van der Waals surface area contributed by atoms with Crippen LogP contribution < -0.4 is 0 Å². The molecule has 0 unspecified atom stereocenters. The van der Waals surface area contributed by atoms with Crippen LogP contribution in [-0.2, 0) is 0 Å². The van der Waals surface area contributed by atoms with Crippen molar-refractivity contribution in [2.45, 2.75) is 9.79 Å². The van der Waals surface area contributed by atoms with Crippen LogP contribution in [0.25, 0.3) is 0 Å². The normalized spacial score (nSPS) is 9.86. The first-order valence-electron chi connectivity index (χ1n) is 5.71. The van der Waals surface area contributed by atoms with Crippen LogP contribution in [0.5, 0.6) is 0 Å². The highest BCUT2D eigenvalue weighted by molar-refractivity contribution is 7.99. The number of nitro groups is 1. The number of rotatable bonds is 4. The van der Waals surface area contributed by atoms with Crippen LogP contribution in [-0.4, -0.2) is 16.0 Å². The number of nitrogens with zero attached hydrogens (tertiary/aromatic N) is 2. The molecular weight excluding hydrogens is 292 g/mol. The predicted molar refractivity (Wildman–Crippen MR) is 75.3 cm³/mol. The van der Waals surface area contributed by atoms with Crippen molar-refractivity contribution in [2.24, 2.45) is 0 Å². The summed E-state index contributed by atoms with van der Waals surface area (Å²) in [4.78, 5) is 22.3. The third kappa shape index (κ3) is 3.38. The highest BCUT2D eigenvalue weighted by Gasteiger charge is 2.16. The number of benzene rings is 2. The summed E-state index contributed by atoms with van der Waals surface area (Å²) in [7, 11) is 0. The Balaban J connectivity index is 2.33. The van der Waals surface area contributed by atoms with E-state index in [0.29, 0.717) is 9.79 Å². The van der Waals surface area contributed by atoms with Gasteiger partial charge in [0.1, 0.15) is 0 Å². The molecule has 0 aromatic heterocycles. The fourth-order valence-electron chi connectivity index (χ4n) is 1.61. The van der Waals surface area contributed by atoms with Crippen molar-refractivity contribution in [2.75, 3.05) is 0 Å². The van der Waals surface area contributed by atoms with Gasteiger partial charge in [0.2, 0.25) is 0 Å². The number of carbonyl (C=O) groups is 1. The number of hydrogen-bond donors (Lipinski definition) is 1. The standard InChI is InChI=1S/C14H8N2O4S/c15-8-9-1-6-13(12(7-9)16(19)20)21-11-4-2-10(3-5-11)14(17)18/h1-7H,(H,17,18). The first kappa shape index (κ1) is 14.6. The highest BCUT2D eigenvalue weighted by atomic mass is 32.2. The maximum absolute atomic E-state index is 11.0. The van der Waals surface area contributed by atoms with Crippen molar-refractivity contribution in [3.05, 3.63) is 63.7 Å². The van der Waals surface area contributed by atoms with Crippen LogP contribution in [0, 0.1) is 21.4 Å². The molecule has 1 N–H and O–H groups in total. The minimum Gasteiger partial charge on any atom is -0.478 e. The van der Waals surface area contributed by atoms with E-state index in [9.17, 15) is 14.9 Å². The van der Waals surface area contributed by atoms with E-state index in [4.69, 9.17) is 10.4 Å². The molecule has 0 aliphatic heterocycles. The van der Waals surface area contributed by atoms with Gasteiger partial charge < -0.3 is 5.11 Å². The van der Waals surface area contributed by atoms with Gasteiger partial charge in [0.05, 0.1) is 27.0 Å². The van der Waals surface area contributed by atoms with E-state index in [1.165, 1.54) is 30.3 Å². The molecule has 2 aromatic carbocycles. The summed E-state index contributed by atoms with van der Waals surface area (Å²) in [6.07, 6.45) is 0. The second-order valence-electron chi connectivity index (χ2n) is 3.98. The van der Waals surface area contributed by atoms with Gasteiger partial charge >= 0.3 is 5.97 Å². The lowest BCUT2D eigenvalue weighted by Crippen LogP contribution is -1.95. The van der Waals surface area contributed by atoms with E-state index in [1.54, 1.807) is 12.1 Å². The largest absolute Gasteiger partial charge is 0.478 e. The minimum atomic E-state index is -1.03. The third-order valence-electron chi connectivity index (χ3n) is 2.61. The summed E-state index contributed by atoms with van der Waals surface area (Å²) < 4.78 is 0. The Labute approximate surface area is 123 Å². The predicted octanol–water partition coefficient (Wildman–Crippen LogP) is 3.32. The van der Waals surface area contributed by atoms with Crippen LogP contribution in [0.4, 0.5) is 5.69 Å². The maximum Gasteiger partial charge on any atom is 0.335 e. The van der Waals surface area contributed by atoms with E-state index in [-0.39, 0.29) is 16.8 Å². The van der Waals surface area contributed by atoms with Crippen molar-refractivity contribution in [3.8, 4) is 6.07 Å². The molecule has 0 saturated heterocycles. The van der Waals surface area contributed by atoms with E-state index in [1.807, 2.05) is 6.07 Å². The molecule has 0 heterocycles. The third-order valence-corrected chi connectivity index (χ3v) is 3.69. The van der Waals surface area contributed by atoms with Gasteiger partial charge in [-0.3, -0.25) is 10.1 Å². The molecule has 0 atom stereocenters. The van der Waals surface area contributed by atoms with Crippen LogP contribution in [0.2, 0.25) is 0 Å². The SMILES string of the molecule is N#Cc1ccc(Sc2ccc(C(=O)O)cc2)c([N+](=O)[O-])c1. The zero-order chi connectivity index (χ0) is 15.4. The Hall–Kier alpha value is -2.85. The van der Waals surface area contributed by atoms with E-state index < -0.39 is 10.9 Å². The summed E-state index contributed by atoms with van der Waals surface area (Å²) in [6, 6.07) is 12.1. The van der Waals surface area contributed by atoms with Crippen LogP contribution >= 0.6 is 11.8 Å². The summed E-state index contributed by atoms with van der Waals surface area (Å²) in [5.41, 5.74) is 0.210. The number of nitriles is 1. The van der Waals surface area contributed by atoms with Gasteiger partial charge in [-0.25, -0.2) is 4.79 Å². The Bertz CT molecular complexity index is 751. The van der Waals surface area contributed by atoms with Crippen molar-refractivity contribution in [3.63, 3.8) is 0 Å². The minimum absolute atomic E-state index is 0.147. The molecule has 2 aromatic rings. The molecule has 0 radical (unpaired) electrons. The molecule has 7 heteroatoms. The fraction of sp³-hybridized carbons (Fsp3) is 0. The lowest BCUT2D eigenvalue weighted by molar-refractivity contribution is -0.387. The molecular formula is C14H8N2O4S. The number of carboxylic acid groups (broad SMARTS) is 1. The van der Waals surface area contributed by atoms with Crippen molar-refractivity contribution < 1.29 is 14.8 Å². The second kappa shape index (κ2) is 6.07. The Morgan fingerprint density at radius 1 is 1.24 bits per heavy atom. The monoisotopic (exact) mass is 300 g/mol. The molecule has 2 rings (SSSR count). The molecule has 0 aliphatic rings. The summed E-state index contributed by atoms with van der Waals surface area (Å²) >= 11 is 1.14. The summed E-state index contributed by atoms with van der Waals surface area (Å²) in [5, 5.41) is 28.6. The maximum atomic E-state index is 11.0. The molecule has 21 heavy (non-hydrogen) atoms. The van der Waals surface area contributed by atoms with Gasteiger partial charge in [-0.15, -0.1) is 0 Å². The molecule has 104 valence electrons. The molecule has 0 amide bonds. The number of hydrogen-bond acceptors (Lipinski definition) is 5. The lowest BCUT2D eigenvalue weighted by Gasteiger charge is -2.04. The van der Waals surface area contributed by atoms with E-state index in [0.717, 1.165) is 11.8 Å². The Kier molecular flexibility index (Phi) is 4.21. The van der Waals surface area contributed by atoms with Gasteiger partial charge in [0, 0.05) is 11.0 Å². The molecule has 0 spiro atoms. The number of aromatic carboxylic acids is 1. The second-order valence-corrected chi connectivity index (χ2v) is 5.10. The Morgan fingerprint density at radius 3 is 2.43 bits per heavy atom. The molecule has 0 aliphatic carbocycles. The number of nitro benzene ring substituents is 1. The van der Waals surface area contributed by atoms with E-state index in [2.05, 4.69) is 0 Å². The van der Waals surface area contributed by atoms with Crippen LogP contribution in [0.15, 0.2) is 52.3 Å². The van der Waals surface area contributed by atoms with Gasteiger partial charge in [-0.1, -0.05) is 11.8 Å². The van der Waals surface area contributed by atoms with Gasteiger partial charge in [-0.05, 0) is 36.4 Å². The van der Waals surface area contributed by atoms with E-state index >= 15 is 0 Å². The highest BCUT2D eigenvalue weighted by Crippen LogP contribution is 2.35. The van der Waals surface area contributed by atoms with Gasteiger partial charge in [0.15, 0.2) is 0 Å². The van der Waals surface area contributed by atoms with Crippen molar-refractivity contribution >= 4 is 23.4 Å². The fourth-order valence-corrected chi connectivity index (χ4v) is 2.51. The summed E-state index contributed by atoms with van der Waals surface area (Å²) in [6.45, 7) is 0. The molecule has 0 saturated carbocycles. The van der Waals surface area contributed by atoms with Crippen molar-refractivity contribution in [1.82, 2.24) is 0 Å². The Morgan fingerprint density at radius 2 is 1.90 bits per heavy atom. The first-order chi connectivity index (χ1) is 10.0. The topological polar surface area (TPSA) is 104 Å². The molecule has 0 fully saturated rings. The average Bonchev–Trinajstić information content (AvgIpc) is 2.48. The van der Waals surface area contributed by atoms with Gasteiger partial charge in [-0.2, -0.15) is 5.26 Å². The van der Waals surface area contributed by atoms with Gasteiger partial charge in [0.25, 0.3) is 5.69 Å². The smallest absolute Gasteiger partial charge is 0.335 e. The zero-order valence-corrected chi connectivity index (χ0v) is 11.3. The quantitative estimate of drug-likeness (QED) is 0.686. The average molecular weight is 300 g/mol. The first-order valence-corrected chi connectivity index (χ1v) is 6.52. The summed E-state index contributed by atoms with van der Waals surface area (Å²) in [5.74, 6) is -1.03. The van der Waals surface area contributed by atoms with Crippen LogP contribution in [0.3, 0.4) is 0 Å².